The predicted molar refractivity (Wildman–Crippen MR) is 40.7 cm³/mol. The molecule has 0 spiro atoms. The average molecular weight is 199 g/mol. The van der Waals surface area contributed by atoms with Crippen LogP contribution in [0.2, 0.25) is 0 Å². The van der Waals surface area contributed by atoms with Crippen molar-refractivity contribution in [2.75, 3.05) is 0 Å². The maximum Gasteiger partial charge on any atom is 0.434 e. The van der Waals surface area contributed by atoms with Gasteiger partial charge in [-0.05, 0) is 0 Å². The van der Waals surface area contributed by atoms with E-state index in [2.05, 4.69) is 16.9 Å². The summed E-state index contributed by atoms with van der Waals surface area (Å²) in [6, 6.07) is 1.70. The first-order valence-corrected chi connectivity index (χ1v) is 3.52. The molecule has 0 fully saturated rings. The third-order valence-electron chi connectivity index (χ3n) is 1.31. The van der Waals surface area contributed by atoms with E-state index in [0.717, 1.165) is 6.20 Å². The highest BCUT2D eigenvalue weighted by atomic mass is 19.4. The molecule has 0 unspecified atom stereocenters. The van der Waals surface area contributed by atoms with E-state index in [1.165, 1.54) is 0 Å². The first-order chi connectivity index (χ1) is 6.55. The number of halogens is 3. The van der Waals surface area contributed by atoms with Gasteiger partial charge in [-0.2, -0.15) is 23.5 Å². The van der Waals surface area contributed by atoms with Crippen LogP contribution in [-0.2, 0) is 6.18 Å². The average Bonchev–Trinajstić information content (AvgIpc) is 2.52. The Balaban J connectivity index is 2.97. The Kier molecular flexibility index (Phi) is 2.78. The number of rotatable bonds is 0. The Morgan fingerprint density at radius 2 is 2.21 bits per heavy atom. The summed E-state index contributed by atoms with van der Waals surface area (Å²) in [5.41, 5.74) is -1.23. The minimum atomic E-state index is -4.49. The lowest BCUT2D eigenvalue weighted by atomic mass is 10.2. The smallest absolute Gasteiger partial charge is 0.273 e. The fraction of sp³-hybridized carbons (Fsp3) is 0.250. The number of H-pyrrole nitrogens is 1. The number of nitrogens with zero attached hydrogens (tertiary/aromatic N) is 2. The molecule has 0 saturated heterocycles. The zero-order chi connectivity index (χ0) is 10.6. The Hall–Kier alpha value is -1.95. The van der Waals surface area contributed by atoms with Crippen molar-refractivity contribution >= 4 is 0 Å². The largest absolute Gasteiger partial charge is 0.434 e. The monoisotopic (exact) mass is 199 g/mol. The first kappa shape index (κ1) is 10.1. The van der Waals surface area contributed by atoms with Gasteiger partial charge in [0.2, 0.25) is 0 Å². The Morgan fingerprint density at radius 1 is 1.50 bits per heavy atom. The van der Waals surface area contributed by atoms with Crippen LogP contribution in [0.4, 0.5) is 13.2 Å². The van der Waals surface area contributed by atoms with Crippen molar-refractivity contribution in [3.05, 3.63) is 17.5 Å². The van der Waals surface area contributed by atoms with E-state index >= 15 is 0 Å². The minimum absolute atomic E-state index is 0.109. The lowest BCUT2D eigenvalue weighted by molar-refractivity contribution is -0.141. The standard InChI is InChI=1S/C8H4F3N3/c9-8(10,11)7-6(5-13-14-7)3-1-2-4-12/h5H,2H2,(H,13,14). The van der Waals surface area contributed by atoms with Gasteiger partial charge in [-0.3, -0.25) is 5.10 Å². The third-order valence-corrected chi connectivity index (χ3v) is 1.31. The van der Waals surface area contributed by atoms with Crippen LogP contribution in [0, 0.1) is 23.2 Å². The molecule has 6 heteroatoms. The van der Waals surface area contributed by atoms with Crippen LogP contribution in [0.25, 0.3) is 0 Å². The van der Waals surface area contributed by atoms with Crippen LogP contribution >= 0.6 is 0 Å². The molecule has 3 nitrogen and oxygen atoms in total. The molecule has 1 aromatic heterocycles. The zero-order valence-electron chi connectivity index (χ0n) is 6.81. The van der Waals surface area contributed by atoms with Gasteiger partial charge < -0.3 is 0 Å². The van der Waals surface area contributed by atoms with Crippen LogP contribution in [0.15, 0.2) is 6.20 Å². The second-order valence-corrected chi connectivity index (χ2v) is 2.29. The van der Waals surface area contributed by atoms with Gasteiger partial charge in [0.15, 0.2) is 5.69 Å². The number of aromatic amines is 1. The summed E-state index contributed by atoms with van der Waals surface area (Å²) in [7, 11) is 0. The molecule has 14 heavy (non-hydrogen) atoms. The van der Waals surface area contributed by atoms with E-state index in [1.54, 1.807) is 6.07 Å². The molecular weight excluding hydrogens is 195 g/mol. The quantitative estimate of drug-likeness (QED) is 0.646. The van der Waals surface area contributed by atoms with Crippen LogP contribution in [-0.4, -0.2) is 10.2 Å². The van der Waals surface area contributed by atoms with E-state index in [-0.39, 0.29) is 12.0 Å². The summed E-state index contributed by atoms with van der Waals surface area (Å²) >= 11 is 0. The Bertz CT molecular complexity index is 414. The molecule has 0 radical (unpaired) electrons. The summed E-state index contributed by atoms with van der Waals surface area (Å²) < 4.78 is 36.6. The van der Waals surface area contributed by atoms with E-state index in [1.807, 2.05) is 5.10 Å². The van der Waals surface area contributed by atoms with E-state index in [0.29, 0.717) is 0 Å². The minimum Gasteiger partial charge on any atom is -0.273 e. The fourth-order valence-electron chi connectivity index (χ4n) is 0.776. The molecule has 0 atom stereocenters. The highest BCUT2D eigenvalue weighted by Crippen LogP contribution is 2.29. The van der Waals surface area contributed by atoms with Crippen LogP contribution in [0.5, 0.6) is 0 Å². The van der Waals surface area contributed by atoms with Crippen molar-refractivity contribution < 1.29 is 13.2 Å². The van der Waals surface area contributed by atoms with Gasteiger partial charge in [0.05, 0.1) is 24.3 Å². The summed E-state index contributed by atoms with van der Waals surface area (Å²) in [5.74, 6) is 4.49. The summed E-state index contributed by atoms with van der Waals surface area (Å²) in [4.78, 5) is 0. The number of alkyl halides is 3. The number of nitriles is 1. The molecular formula is C8H4F3N3. The summed E-state index contributed by atoms with van der Waals surface area (Å²) in [6.45, 7) is 0. The van der Waals surface area contributed by atoms with Crippen molar-refractivity contribution in [1.29, 1.82) is 5.26 Å². The lowest BCUT2D eigenvalue weighted by Gasteiger charge is -2.02. The Labute approximate surface area is 77.5 Å². The topological polar surface area (TPSA) is 52.5 Å². The van der Waals surface area contributed by atoms with Gasteiger partial charge in [0, 0.05) is 0 Å². The molecule has 0 aromatic carbocycles. The SMILES string of the molecule is N#CCC#Cc1cn[nH]c1C(F)(F)F. The summed E-state index contributed by atoms with van der Waals surface area (Å²) in [6.07, 6.45) is -3.62. The molecule has 1 aromatic rings. The highest BCUT2D eigenvalue weighted by molar-refractivity contribution is 5.37. The number of hydrogen-bond acceptors (Lipinski definition) is 2. The number of nitrogens with one attached hydrogen (secondary N) is 1. The molecule has 0 aliphatic carbocycles. The van der Waals surface area contributed by atoms with E-state index in [9.17, 15) is 13.2 Å². The molecule has 1 rings (SSSR count). The van der Waals surface area contributed by atoms with Gasteiger partial charge >= 0.3 is 6.18 Å². The molecule has 0 aliphatic rings. The maximum absolute atomic E-state index is 12.2. The molecule has 72 valence electrons. The second kappa shape index (κ2) is 3.84. The van der Waals surface area contributed by atoms with Crippen molar-refractivity contribution in [2.24, 2.45) is 0 Å². The normalized spacial score (nSPS) is 10.1. The first-order valence-electron chi connectivity index (χ1n) is 3.52. The van der Waals surface area contributed by atoms with Crippen molar-refractivity contribution in [1.82, 2.24) is 10.2 Å². The van der Waals surface area contributed by atoms with Crippen LogP contribution < -0.4 is 0 Å². The molecule has 1 heterocycles. The van der Waals surface area contributed by atoms with Crippen LogP contribution in [0.1, 0.15) is 17.7 Å². The predicted octanol–water partition coefficient (Wildman–Crippen LogP) is 1.69. The van der Waals surface area contributed by atoms with Gasteiger partial charge in [-0.15, -0.1) is 0 Å². The molecule has 0 aliphatic heterocycles. The maximum atomic E-state index is 12.2. The van der Waals surface area contributed by atoms with E-state index < -0.39 is 11.9 Å². The number of aromatic nitrogens is 2. The number of hydrogen-bond donors (Lipinski definition) is 1. The summed E-state index contributed by atoms with van der Waals surface area (Å²) in [5, 5.41) is 13.2. The molecule has 1 N–H and O–H groups in total. The van der Waals surface area contributed by atoms with E-state index in [4.69, 9.17) is 5.26 Å². The van der Waals surface area contributed by atoms with Gasteiger partial charge in [-0.1, -0.05) is 11.8 Å². The highest BCUT2D eigenvalue weighted by Gasteiger charge is 2.35. The molecule has 0 amide bonds. The second-order valence-electron chi connectivity index (χ2n) is 2.29. The van der Waals surface area contributed by atoms with Crippen molar-refractivity contribution in [2.45, 2.75) is 12.6 Å². The van der Waals surface area contributed by atoms with Crippen LogP contribution in [0.3, 0.4) is 0 Å². The van der Waals surface area contributed by atoms with Crippen molar-refractivity contribution in [3.8, 4) is 17.9 Å². The lowest BCUT2D eigenvalue weighted by Crippen LogP contribution is -2.07. The third kappa shape index (κ3) is 2.27. The molecule has 0 bridgehead atoms. The fourth-order valence-corrected chi connectivity index (χ4v) is 0.776. The zero-order valence-corrected chi connectivity index (χ0v) is 6.81. The molecule has 0 saturated carbocycles. The van der Waals surface area contributed by atoms with Gasteiger partial charge in [0.25, 0.3) is 0 Å². The Morgan fingerprint density at radius 3 is 2.79 bits per heavy atom. The van der Waals surface area contributed by atoms with Gasteiger partial charge in [0.1, 0.15) is 0 Å². The van der Waals surface area contributed by atoms with Crippen molar-refractivity contribution in [3.63, 3.8) is 0 Å². The van der Waals surface area contributed by atoms with Gasteiger partial charge in [-0.25, -0.2) is 0 Å².